The van der Waals surface area contributed by atoms with Crippen LogP contribution in [-0.2, 0) is 6.42 Å². The van der Waals surface area contributed by atoms with Crippen molar-refractivity contribution >= 4 is 15.9 Å². The summed E-state index contributed by atoms with van der Waals surface area (Å²) in [6, 6.07) is 4.87. The predicted octanol–water partition coefficient (Wildman–Crippen LogP) is 3.04. The van der Waals surface area contributed by atoms with Gasteiger partial charge in [-0.05, 0) is 46.8 Å². The molecule has 0 unspecified atom stereocenters. The smallest absolute Gasteiger partial charge is 0.0891 e. The SMILES string of the molecule is N#CCc1ccn(C2CCC2)c1Br. The third kappa shape index (κ3) is 1.51. The van der Waals surface area contributed by atoms with Gasteiger partial charge < -0.3 is 4.57 Å². The van der Waals surface area contributed by atoms with Crippen molar-refractivity contribution in [2.24, 2.45) is 0 Å². The van der Waals surface area contributed by atoms with E-state index in [4.69, 9.17) is 5.26 Å². The van der Waals surface area contributed by atoms with Crippen molar-refractivity contribution in [1.29, 1.82) is 5.26 Å². The highest BCUT2D eigenvalue weighted by atomic mass is 79.9. The third-order valence-electron chi connectivity index (χ3n) is 2.67. The molecule has 1 saturated carbocycles. The Labute approximate surface area is 86.3 Å². The maximum absolute atomic E-state index is 8.58. The summed E-state index contributed by atoms with van der Waals surface area (Å²) in [5.41, 5.74) is 1.11. The summed E-state index contributed by atoms with van der Waals surface area (Å²) in [6.07, 6.45) is 6.47. The average Bonchev–Trinajstić information content (AvgIpc) is 2.34. The fraction of sp³-hybridized carbons (Fsp3) is 0.500. The van der Waals surface area contributed by atoms with E-state index in [2.05, 4.69) is 32.8 Å². The number of nitrogens with zero attached hydrogens (tertiary/aromatic N) is 2. The molecule has 3 heteroatoms. The molecule has 0 aromatic carbocycles. The van der Waals surface area contributed by atoms with E-state index in [1.54, 1.807) is 0 Å². The van der Waals surface area contributed by atoms with Gasteiger partial charge in [0.25, 0.3) is 0 Å². The van der Waals surface area contributed by atoms with E-state index in [-0.39, 0.29) is 0 Å². The average molecular weight is 239 g/mol. The first-order valence-corrected chi connectivity index (χ1v) is 5.34. The Morgan fingerprint density at radius 1 is 1.62 bits per heavy atom. The molecule has 0 radical (unpaired) electrons. The molecule has 1 aliphatic carbocycles. The van der Waals surface area contributed by atoms with Crippen molar-refractivity contribution in [2.75, 3.05) is 0 Å². The largest absolute Gasteiger partial charge is 0.339 e. The van der Waals surface area contributed by atoms with Crippen LogP contribution in [0.4, 0.5) is 0 Å². The summed E-state index contributed by atoms with van der Waals surface area (Å²) in [7, 11) is 0. The minimum absolute atomic E-state index is 0.500. The molecule has 1 aliphatic rings. The van der Waals surface area contributed by atoms with Gasteiger partial charge in [0.05, 0.1) is 17.1 Å². The van der Waals surface area contributed by atoms with Crippen LogP contribution in [0.15, 0.2) is 16.9 Å². The van der Waals surface area contributed by atoms with Crippen molar-refractivity contribution in [1.82, 2.24) is 4.57 Å². The van der Waals surface area contributed by atoms with Gasteiger partial charge in [-0.3, -0.25) is 0 Å². The van der Waals surface area contributed by atoms with Crippen molar-refractivity contribution in [3.63, 3.8) is 0 Å². The molecule has 1 aromatic heterocycles. The zero-order valence-electron chi connectivity index (χ0n) is 7.33. The summed E-state index contributed by atoms with van der Waals surface area (Å²) >= 11 is 3.54. The summed E-state index contributed by atoms with van der Waals surface area (Å²) in [6.45, 7) is 0. The molecule has 0 spiro atoms. The van der Waals surface area contributed by atoms with Crippen LogP contribution in [0, 0.1) is 11.3 Å². The van der Waals surface area contributed by atoms with Gasteiger partial charge in [0.1, 0.15) is 0 Å². The van der Waals surface area contributed by atoms with E-state index in [0.717, 1.165) is 10.2 Å². The molecule has 0 atom stereocenters. The van der Waals surface area contributed by atoms with Gasteiger partial charge in [-0.25, -0.2) is 0 Å². The number of rotatable bonds is 2. The van der Waals surface area contributed by atoms with Gasteiger partial charge in [0.2, 0.25) is 0 Å². The second-order valence-corrected chi connectivity index (χ2v) is 4.21. The fourth-order valence-electron chi connectivity index (χ4n) is 1.63. The van der Waals surface area contributed by atoms with Gasteiger partial charge >= 0.3 is 0 Å². The van der Waals surface area contributed by atoms with Crippen LogP contribution in [-0.4, -0.2) is 4.57 Å². The molecular formula is C10H11BrN2. The highest BCUT2D eigenvalue weighted by molar-refractivity contribution is 9.10. The number of nitriles is 1. The molecule has 13 heavy (non-hydrogen) atoms. The summed E-state index contributed by atoms with van der Waals surface area (Å²) in [4.78, 5) is 0. The van der Waals surface area contributed by atoms with Crippen molar-refractivity contribution in [3.8, 4) is 6.07 Å². The number of halogens is 1. The second kappa shape index (κ2) is 3.55. The molecule has 0 amide bonds. The van der Waals surface area contributed by atoms with E-state index in [1.165, 1.54) is 19.3 Å². The maximum Gasteiger partial charge on any atom is 0.0891 e. The van der Waals surface area contributed by atoms with Crippen LogP contribution in [0.25, 0.3) is 0 Å². The highest BCUT2D eigenvalue weighted by Crippen LogP contribution is 2.35. The Morgan fingerprint density at radius 2 is 2.38 bits per heavy atom. The molecular weight excluding hydrogens is 228 g/mol. The number of hydrogen-bond donors (Lipinski definition) is 0. The lowest BCUT2D eigenvalue weighted by Crippen LogP contribution is -2.16. The molecule has 1 aromatic rings. The molecule has 0 saturated heterocycles. The van der Waals surface area contributed by atoms with E-state index in [0.29, 0.717) is 12.5 Å². The fourth-order valence-corrected chi connectivity index (χ4v) is 2.31. The minimum atomic E-state index is 0.500. The molecule has 1 fully saturated rings. The summed E-state index contributed by atoms with van der Waals surface area (Å²) in [5, 5.41) is 8.58. The second-order valence-electron chi connectivity index (χ2n) is 3.46. The van der Waals surface area contributed by atoms with Crippen LogP contribution in [0.2, 0.25) is 0 Å². The lowest BCUT2D eigenvalue weighted by molar-refractivity contribution is 0.310. The Hall–Kier alpha value is -0.750. The van der Waals surface area contributed by atoms with E-state index >= 15 is 0 Å². The van der Waals surface area contributed by atoms with Crippen molar-refractivity contribution < 1.29 is 0 Å². The zero-order chi connectivity index (χ0) is 9.26. The van der Waals surface area contributed by atoms with Gasteiger partial charge in [-0.1, -0.05) is 0 Å². The van der Waals surface area contributed by atoms with E-state index < -0.39 is 0 Å². The van der Waals surface area contributed by atoms with Crippen LogP contribution in [0.5, 0.6) is 0 Å². The van der Waals surface area contributed by atoms with Crippen LogP contribution >= 0.6 is 15.9 Å². The highest BCUT2D eigenvalue weighted by Gasteiger charge is 2.21. The molecule has 0 bridgehead atoms. The molecule has 2 nitrogen and oxygen atoms in total. The van der Waals surface area contributed by atoms with Crippen LogP contribution in [0.1, 0.15) is 30.9 Å². The normalized spacial score (nSPS) is 16.6. The first-order chi connectivity index (χ1) is 6.33. The predicted molar refractivity (Wildman–Crippen MR) is 54.3 cm³/mol. The molecule has 2 rings (SSSR count). The molecule has 68 valence electrons. The summed E-state index contributed by atoms with van der Waals surface area (Å²) < 4.78 is 3.34. The molecule has 0 aliphatic heterocycles. The third-order valence-corrected chi connectivity index (χ3v) is 3.58. The Balaban J connectivity index is 2.22. The lowest BCUT2D eigenvalue weighted by atomic mass is 9.93. The van der Waals surface area contributed by atoms with Gasteiger partial charge in [0.15, 0.2) is 0 Å². The minimum Gasteiger partial charge on any atom is -0.339 e. The Morgan fingerprint density at radius 3 is 2.92 bits per heavy atom. The van der Waals surface area contributed by atoms with E-state index in [9.17, 15) is 0 Å². The van der Waals surface area contributed by atoms with Crippen molar-refractivity contribution in [3.05, 3.63) is 22.4 Å². The van der Waals surface area contributed by atoms with Gasteiger partial charge in [-0.2, -0.15) is 5.26 Å². The van der Waals surface area contributed by atoms with Gasteiger partial charge in [-0.15, -0.1) is 0 Å². The topological polar surface area (TPSA) is 28.7 Å². The first kappa shape index (κ1) is 8.83. The monoisotopic (exact) mass is 238 g/mol. The van der Waals surface area contributed by atoms with Gasteiger partial charge in [0, 0.05) is 12.2 Å². The first-order valence-electron chi connectivity index (χ1n) is 4.55. The maximum atomic E-state index is 8.58. The lowest BCUT2D eigenvalue weighted by Gasteiger charge is -2.28. The summed E-state index contributed by atoms with van der Waals surface area (Å²) in [5.74, 6) is 0. The zero-order valence-corrected chi connectivity index (χ0v) is 8.92. The Kier molecular flexibility index (Phi) is 2.41. The van der Waals surface area contributed by atoms with Crippen LogP contribution in [0.3, 0.4) is 0 Å². The Bertz CT molecular complexity index is 344. The van der Waals surface area contributed by atoms with Crippen molar-refractivity contribution in [2.45, 2.75) is 31.7 Å². The molecule has 0 N–H and O–H groups in total. The van der Waals surface area contributed by atoms with Crippen LogP contribution < -0.4 is 0 Å². The quantitative estimate of drug-likeness (QED) is 0.779. The standard InChI is InChI=1S/C10H11BrN2/c11-10-8(4-6-12)5-7-13(10)9-2-1-3-9/h5,7,9H,1-4H2. The van der Waals surface area contributed by atoms with E-state index in [1.807, 2.05) is 6.07 Å². The number of hydrogen-bond acceptors (Lipinski definition) is 1. The number of aromatic nitrogens is 1. The molecule has 1 heterocycles.